The number of aromatic nitrogens is 2. The van der Waals surface area contributed by atoms with Crippen molar-refractivity contribution < 1.29 is 4.79 Å². The van der Waals surface area contributed by atoms with Crippen molar-refractivity contribution in [3.63, 3.8) is 0 Å². The van der Waals surface area contributed by atoms with E-state index in [-0.39, 0.29) is 5.91 Å². The molecule has 0 aliphatic carbocycles. The van der Waals surface area contributed by atoms with Crippen LogP contribution in [0, 0.1) is 0 Å². The van der Waals surface area contributed by atoms with Gasteiger partial charge in [-0.1, -0.05) is 23.7 Å². The van der Waals surface area contributed by atoms with Gasteiger partial charge in [-0.05, 0) is 31.0 Å². The lowest BCUT2D eigenvalue weighted by Gasteiger charge is -2.21. The molecule has 1 aliphatic heterocycles. The van der Waals surface area contributed by atoms with E-state index >= 15 is 0 Å². The van der Waals surface area contributed by atoms with Gasteiger partial charge in [0.15, 0.2) is 5.96 Å². The number of hydrogen-bond donors (Lipinski definition) is 2. The first-order valence-electron chi connectivity index (χ1n) is 9.63. The third kappa shape index (κ3) is 5.04. The van der Waals surface area contributed by atoms with Crippen LogP contribution in [0.2, 0.25) is 5.02 Å². The molecule has 2 aromatic rings. The summed E-state index contributed by atoms with van der Waals surface area (Å²) in [5, 5.41) is 11.0. The van der Waals surface area contributed by atoms with E-state index in [0.717, 1.165) is 32.0 Å². The topological polar surface area (TPSA) is 74.6 Å². The molecule has 2 N–H and O–H groups in total. The second kappa shape index (κ2) is 9.59. The highest BCUT2D eigenvalue weighted by Gasteiger charge is 2.26. The number of carbonyl (C=O) groups is 1. The Bertz CT molecular complexity index is 834. The van der Waals surface area contributed by atoms with Gasteiger partial charge in [0.1, 0.15) is 0 Å². The minimum absolute atomic E-state index is 0.177. The van der Waals surface area contributed by atoms with Crippen molar-refractivity contribution in [1.29, 1.82) is 0 Å². The first kappa shape index (κ1) is 20.2. The van der Waals surface area contributed by atoms with Gasteiger partial charge in [-0.2, -0.15) is 5.10 Å². The number of aliphatic imine (C=N–C) groups is 1. The quantitative estimate of drug-likeness (QED) is 0.441. The predicted molar refractivity (Wildman–Crippen MR) is 112 cm³/mol. The zero-order valence-corrected chi connectivity index (χ0v) is 17.1. The molecule has 8 heteroatoms. The normalized spacial score (nSPS) is 17.0. The van der Waals surface area contributed by atoms with Crippen LogP contribution in [0.5, 0.6) is 0 Å². The summed E-state index contributed by atoms with van der Waals surface area (Å²) in [4.78, 5) is 19.2. The molecule has 1 aromatic heterocycles. The highest BCUT2D eigenvalue weighted by molar-refractivity contribution is 6.33. The Balaban J connectivity index is 1.53. The van der Waals surface area contributed by atoms with Gasteiger partial charge >= 0.3 is 0 Å². The van der Waals surface area contributed by atoms with Gasteiger partial charge < -0.3 is 15.5 Å². The predicted octanol–water partition coefficient (Wildman–Crippen LogP) is 2.26. The lowest BCUT2D eigenvalue weighted by atomic mass is 10.0. The highest BCUT2D eigenvalue weighted by atomic mass is 35.5. The molecule has 28 heavy (non-hydrogen) atoms. The summed E-state index contributed by atoms with van der Waals surface area (Å²) in [5.74, 6) is 1.18. The van der Waals surface area contributed by atoms with E-state index in [1.807, 2.05) is 17.9 Å². The van der Waals surface area contributed by atoms with E-state index in [9.17, 15) is 4.79 Å². The standard InChI is InChI=1S/C20H27ClN6O/c1-3-22-20(27-11-8-15(14-27)16-12-25-26(2)13-16)24-10-9-23-19(28)17-6-4-5-7-18(17)21/h4-7,12-13,15H,3,8-11,14H2,1-2H3,(H,22,24)(H,23,28). The zero-order valence-electron chi connectivity index (χ0n) is 16.4. The SMILES string of the molecule is CCNC(=NCCNC(=O)c1ccccc1Cl)N1CCC(c2cnn(C)c2)C1. The fourth-order valence-electron chi connectivity index (χ4n) is 3.37. The average molecular weight is 403 g/mol. The summed E-state index contributed by atoms with van der Waals surface area (Å²) in [7, 11) is 1.94. The third-order valence-electron chi connectivity index (χ3n) is 4.80. The maximum Gasteiger partial charge on any atom is 0.252 e. The largest absolute Gasteiger partial charge is 0.357 e. The Labute approximate surface area is 170 Å². The first-order chi connectivity index (χ1) is 13.6. The molecule has 2 heterocycles. The molecule has 1 aliphatic rings. The van der Waals surface area contributed by atoms with Crippen molar-refractivity contribution in [1.82, 2.24) is 25.3 Å². The number of rotatable bonds is 6. The lowest BCUT2D eigenvalue weighted by Crippen LogP contribution is -2.40. The number of aryl methyl sites for hydroxylation is 1. The average Bonchev–Trinajstić information content (AvgIpc) is 3.33. The van der Waals surface area contributed by atoms with E-state index in [1.54, 1.807) is 24.3 Å². The van der Waals surface area contributed by atoms with E-state index in [0.29, 0.717) is 29.6 Å². The second-order valence-electron chi connectivity index (χ2n) is 6.85. The number of amides is 1. The van der Waals surface area contributed by atoms with Crippen molar-refractivity contribution in [3.05, 3.63) is 52.8 Å². The van der Waals surface area contributed by atoms with Gasteiger partial charge in [-0.15, -0.1) is 0 Å². The Morgan fingerprint density at radius 2 is 2.18 bits per heavy atom. The number of halogens is 1. The molecule has 0 spiro atoms. The fraction of sp³-hybridized carbons (Fsp3) is 0.450. The van der Waals surface area contributed by atoms with Gasteiger partial charge in [0.25, 0.3) is 5.91 Å². The van der Waals surface area contributed by atoms with E-state index in [4.69, 9.17) is 11.6 Å². The summed E-state index contributed by atoms with van der Waals surface area (Å²) >= 11 is 6.06. The summed E-state index contributed by atoms with van der Waals surface area (Å²) in [6.45, 7) is 5.70. The van der Waals surface area contributed by atoms with Gasteiger partial charge in [0.05, 0.1) is 23.3 Å². The van der Waals surface area contributed by atoms with Crippen LogP contribution in [-0.4, -0.2) is 59.3 Å². The molecular weight excluding hydrogens is 376 g/mol. The maximum absolute atomic E-state index is 12.2. The number of guanidine groups is 1. The van der Waals surface area contributed by atoms with Gasteiger partial charge in [-0.3, -0.25) is 14.5 Å². The Morgan fingerprint density at radius 1 is 1.36 bits per heavy atom. The molecule has 1 saturated heterocycles. The minimum Gasteiger partial charge on any atom is -0.357 e. The molecule has 1 amide bonds. The van der Waals surface area contributed by atoms with Crippen LogP contribution in [0.15, 0.2) is 41.7 Å². The van der Waals surface area contributed by atoms with Crippen LogP contribution in [0.1, 0.15) is 35.2 Å². The first-order valence-corrected chi connectivity index (χ1v) is 10.0. The fourth-order valence-corrected chi connectivity index (χ4v) is 3.59. The van der Waals surface area contributed by atoms with Crippen LogP contribution in [-0.2, 0) is 7.05 Å². The van der Waals surface area contributed by atoms with Gasteiger partial charge in [0.2, 0.25) is 0 Å². The van der Waals surface area contributed by atoms with Crippen LogP contribution in [0.25, 0.3) is 0 Å². The van der Waals surface area contributed by atoms with Crippen molar-refractivity contribution in [2.24, 2.45) is 12.0 Å². The third-order valence-corrected chi connectivity index (χ3v) is 5.13. The highest BCUT2D eigenvalue weighted by Crippen LogP contribution is 2.26. The van der Waals surface area contributed by atoms with E-state index in [1.165, 1.54) is 5.56 Å². The molecule has 1 aromatic carbocycles. The second-order valence-corrected chi connectivity index (χ2v) is 7.26. The minimum atomic E-state index is -0.177. The molecule has 1 atom stereocenters. The van der Waals surface area contributed by atoms with Crippen LogP contribution < -0.4 is 10.6 Å². The Morgan fingerprint density at radius 3 is 2.89 bits per heavy atom. The number of likely N-dealkylation sites (tertiary alicyclic amines) is 1. The van der Waals surface area contributed by atoms with Gasteiger partial charge in [-0.25, -0.2) is 0 Å². The summed E-state index contributed by atoms with van der Waals surface area (Å²) in [6.07, 6.45) is 5.12. The summed E-state index contributed by atoms with van der Waals surface area (Å²) < 4.78 is 1.85. The Hall–Kier alpha value is -2.54. The monoisotopic (exact) mass is 402 g/mol. The van der Waals surface area contributed by atoms with Gasteiger partial charge in [0, 0.05) is 45.3 Å². The summed E-state index contributed by atoms with van der Waals surface area (Å²) in [5.41, 5.74) is 1.76. The molecule has 7 nitrogen and oxygen atoms in total. The molecule has 0 radical (unpaired) electrons. The van der Waals surface area contributed by atoms with E-state index in [2.05, 4.69) is 38.7 Å². The summed E-state index contributed by atoms with van der Waals surface area (Å²) in [6, 6.07) is 7.03. The molecular formula is C20H27ClN6O. The van der Waals surface area contributed by atoms with Crippen LogP contribution >= 0.6 is 11.6 Å². The van der Waals surface area contributed by atoms with Crippen LogP contribution in [0.4, 0.5) is 0 Å². The van der Waals surface area contributed by atoms with Crippen molar-refractivity contribution >= 4 is 23.5 Å². The smallest absolute Gasteiger partial charge is 0.252 e. The van der Waals surface area contributed by atoms with Crippen molar-refractivity contribution in [2.45, 2.75) is 19.3 Å². The number of hydrogen-bond acceptors (Lipinski definition) is 3. The van der Waals surface area contributed by atoms with Crippen LogP contribution in [0.3, 0.4) is 0 Å². The number of nitrogens with zero attached hydrogens (tertiary/aromatic N) is 4. The van der Waals surface area contributed by atoms with E-state index < -0.39 is 0 Å². The number of nitrogens with one attached hydrogen (secondary N) is 2. The maximum atomic E-state index is 12.2. The van der Waals surface area contributed by atoms with Crippen molar-refractivity contribution in [3.8, 4) is 0 Å². The lowest BCUT2D eigenvalue weighted by molar-refractivity contribution is 0.0955. The molecule has 150 valence electrons. The molecule has 1 fully saturated rings. The molecule has 0 saturated carbocycles. The molecule has 3 rings (SSSR count). The number of carbonyl (C=O) groups excluding carboxylic acids is 1. The van der Waals surface area contributed by atoms with Crippen molar-refractivity contribution in [2.75, 3.05) is 32.7 Å². The molecule has 0 bridgehead atoms. The molecule has 1 unspecified atom stereocenters. The Kier molecular flexibility index (Phi) is 6.92. The number of benzene rings is 1. The zero-order chi connectivity index (χ0) is 19.9.